The van der Waals surface area contributed by atoms with Gasteiger partial charge in [0.05, 0.1) is 17.0 Å². The van der Waals surface area contributed by atoms with Crippen molar-refractivity contribution in [1.29, 1.82) is 0 Å². The van der Waals surface area contributed by atoms with E-state index < -0.39 is 22.0 Å². The quantitative estimate of drug-likeness (QED) is 0.628. The van der Waals surface area contributed by atoms with Gasteiger partial charge in [0, 0.05) is 0 Å². The molecule has 0 spiro atoms. The fraction of sp³-hybridized carbons (Fsp3) is 0.174. The van der Waals surface area contributed by atoms with Crippen LogP contribution in [0.25, 0.3) is 0 Å². The molecule has 6 heteroatoms. The van der Waals surface area contributed by atoms with Crippen molar-refractivity contribution in [2.24, 2.45) is 0 Å². The highest BCUT2D eigenvalue weighted by Gasteiger charge is 2.25. The Morgan fingerprint density at radius 2 is 1.28 bits per heavy atom. The molecule has 1 atom stereocenters. The van der Waals surface area contributed by atoms with Crippen LogP contribution in [-0.4, -0.2) is 20.4 Å². The van der Waals surface area contributed by atoms with Crippen molar-refractivity contribution in [2.45, 2.75) is 30.8 Å². The molecule has 5 nitrogen and oxygen atoms in total. The molecule has 1 amide bonds. The van der Waals surface area contributed by atoms with Gasteiger partial charge in [0.1, 0.15) is 0 Å². The average Bonchev–Trinajstić information content (AvgIpc) is 2.73. The molecule has 0 saturated carbocycles. The lowest BCUT2D eigenvalue weighted by Gasteiger charge is -2.22. The Hall–Kier alpha value is -2.96. The zero-order valence-corrected chi connectivity index (χ0v) is 17.2. The fourth-order valence-electron chi connectivity index (χ4n) is 2.99. The van der Waals surface area contributed by atoms with E-state index in [4.69, 9.17) is 0 Å². The molecule has 0 heterocycles. The van der Waals surface area contributed by atoms with E-state index in [1.165, 1.54) is 19.1 Å². The van der Waals surface area contributed by atoms with E-state index in [1.807, 2.05) is 67.6 Å². The number of amides is 1. The van der Waals surface area contributed by atoms with Crippen LogP contribution in [0.1, 0.15) is 29.7 Å². The molecule has 0 radical (unpaired) electrons. The summed E-state index contributed by atoms with van der Waals surface area (Å²) >= 11 is 0. The second-order valence-electron chi connectivity index (χ2n) is 6.92. The van der Waals surface area contributed by atoms with Gasteiger partial charge in [-0.2, -0.15) is 4.72 Å². The van der Waals surface area contributed by atoms with E-state index in [-0.39, 0.29) is 10.9 Å². The molecule has 0 aliphatic heterocycles. The van der Waals surface area contributed by atoms with Crippen LogP contribution in [0.3, 0.4) is 0 Å². The smallest absolute Gasteiger partial charge is 0.241 e. The third kappa shape index (κ3) is 5.31. The highest BCUT2D eigenvalue weighted by Crippen LogP contribution is 2.22. The normalized spacial score (nSPS) is 12.5. The van der Waals surface area contributed by atoms with Gasteiger partial charge in [0.2, 0.25) is 15.9 Å². The number of benzene rings is 3. The molecule has 0 bridgehead atoms. The summed E-state index contributed by atoms with van der Waals surface area (Å²) in [4.78, 5) is 13.0. The summed E-state index contributed by atoms with van der Waals surface area (Å²) in [6.45, 7) is 3.42. The Labute approximate surface area is 171 Å². The first-order valence-corrected chi connectivity index (χ1v) is 10.8. The Balaban J connectivity index is 1.78. The maximum Gasteiger partial charge on any atom is 0.241 e. The molecule has 0 aliphatic rings. The van der Waals surface area contributed by atoms with Gasteiger partial charge in [-0.25, -0.2) is 8.42 Å². The zero-order chi connectivity index (χ0) is 20.9. The van der Waals surface area contributed by atoms with E-state index >= 15 is 0 Å². The number of hydrogen-bond acceptors (Lipinski definition) is 3. The molecule has 29 heavy (non-hydrogen) atoms. The second kappa shape index (κ2) is 9.03. The van der Waals surface area contributed by atoms with Crippen LogP contribution in [-0.2, 0) is 14.8 Å². The summed E-state index contributed by atoms with van der Waals surface area (Å²) in [7, 11) is -3.80. The van der Waals surface area contributed by atoms with Gasteiger partial charge in [-0.1, -0.05) is 78.4 Å². The van der Waals surface area contributed by atoms with Gasteiger partial charge in [-0.3, -0.25) is 4.79 Å². The minimum absolute atomic E-state index is 0.130. The number of nitrogens with one attached hydrogen (secondary N) is 2. The third-order valence-corrected chi connectivity index (χ3v) is 6.17. The summed E-state index contributed by atoms with van der Waals surface area (Å²) in [6.07, 6.45) is 0. The van der Waals surface area contributed by atoms with Crippen molar-refractivity contribution in [3.63, 3.8) is 0 Å². The summed E-state index contributed by atoms with van der Waals surface area (Å²) < 4.78 is 27.6. The number of carbonyl (C=O) groups is 1. The molecule has 0 fully saturated rings. The molecule has 0 aliphatic carbocycles. The topological polar surface area (TPSA) is 75.3 Å². The Kier molecular flexibility index (Phi) is 6.46. The van der Waals surface area contributed by atoms with Crippen molar-refractivity contribution in [2.75, 3.05) is 0 Å². The van der Waals surface area contributed by atoms with Crippen LogP contribution in [0.15, 0.2) is 89.8 Å². The SMILES string of the molecule is Cc1ccc(S(=O)(=O)N[C@@H](C)C(=O)NC(c2ccccc2)c2ccccc2)cc1. The standard InChI is InChI=1S/C23H24N2O3S/c1-17-13-15-21(16-14-17)29(27,28)25-18(2)23(26)24-22(19-9-5-3-6-10-19)20-11-7-4-8-12-20/h3-16,18,22,25H,1-2H3,(H,24,26)/t18-/m0/s1. The molecule has 0 aromatic heterocycles. The highest BCUT2D eigenvalue weighted by atomic mass is 32.2. The molecular formula is C23H24N2O3S. The van der Waals surface area contributed by atoms with Crippen LogP contribution in [0.2, 0.25) is 0 Å². The Morgan fingerprint density at radius 3 is 1.76 bits per heavy atom. The molecule has 3 aromatic rings. The average molecular weight is 409 g/mol. The van der Waals surface area contributed by atoms with E-state index in [1.54, 1.807) is 12.1 Å². The van der Waals surface area contributed by atoms with Gasteiger partial charge in [-0.05, 0) is 37.1 Å². The molecule has 3 rings (SSSR count). The van der Waals surface area contributed by atoms with Crippen molar-refractivity contribution in [3.05, 3.63) is 102 Å². The van der Waals surface area contributed by atoms with Gasteiger partial charge in [0.15, 0.2) is 0 Å². The first-order chi connectivity index (χ1) is 13.9. The van der Waals surface area contributed by atoms with Crippen LogP contribution in [0.4, 0.5) is 0 Å². The second-order valence-corrected chi connectivity index (χ2v) is 8.63. The lowest BCUT2D eigenvalue weighted by molar-refractivity contribution is -0.122. The van der Waals surface area contributed by atoms with Gasteiger partial charge >= 0.3 is 0 Å². The minimum atomic E-state index is -3.80. The van der Waals surface area contributed by atoms with E-state index in [0.29, 0.717) is 0 Å². The first kappa shape index (κ1) is 20.8. The third-order valence-electron chi connectivity index (χ3n) is 4.61. The lowest BCUT2D eigenvalue weighted by Crippen LogP contribution is -2.46. The number of aryl methyl sites for hydroxylation is 1. The van der Waals surface area contributed by atoms with Crippen molar-refractivity contribution < 1.29 is 13.2 Å². The molecule has 150 valence electrons. The highest BCUT2D eigenvalue weighted by molar-refractivity contribution is 7.89. The number of carbonyl (C=O) groups excluding carboxylic acids is 1. The largest absolute Gasteiger partial charge is 0.344 e. The minimum Gasteiger partial charge on any atom is -0.344 e. The molecule has 0 unspecified atom stereocenters. The fourth-order valence-corrected chi connectivity index (χ4v) is 4.19. The number of sulfonamides is 1. The summed E-state index contributed by atoms with van der Waals surface area (Å²) in [5.41, 5.74) is 2.80. The van der Waals surface area contributed by atoms with Crippen LogP contribution in [0, 0.1) is 6.92 Å². The molecule has 2 N–H and O–H groups in total. The van der Waals surface area contributed by atoms with Crippen molar-refractivity contribution in [1.82, 2.24) is 10.0 Å². The van der Waals surface area contributed by atoms with E-state index in [9.17, 15) is 13.2 Å². The van der Waals surface area contributed by atoms with Crippen LogP contribution < -0.4 is 10.0 Å². The molecule has 3 aromatic carbocycles. The van der Waals surface area contributed by atoms with E-state index in [0.717, 1.165) is 16.7 Å². The summed E-state index contributed by atoms with van der Waals surface area (Å²) in [6, 6.07) is 24.3. The Bertz CT molecular complexity index is 1010. The van der Waals surface area contributed by atoms with E-state index in [2.05, 4.69) is 10.0 Å². The Morgan fingerprint density at radius 1 is 0.793 bits per heavy atom. The van der Waals surface area contributed by atoms with Crippen molar-refractivity contribution in [3.8, 4) is 0 Å². The molecule has 0 saturated heterocycles. The summed E-state index contributed by atoms with van der Waals surface area (Å²) in [5.74, 6) is -0.404. The predicted octanol–water partition coefficient (Wildman–Crippen LogP) is 3.57. The maximum atomic E-state index is 12.8. The monoisotopic (exact) mass is 408 g/mol. The number of rotatable bonds is 7. The summed E-state index contributed by atoms with van der Waals surface area (Å²) in [5, 5.41) is 2.97. The lowest BCUT2D eigenvalue weighted by atomic mass is 9.98. The molecular weight excluding hydrogens is 384 g/mol. The zero-order valence-electron chi connectivity index (χ0n) is 16.4. The maximum absolute atomic E-state index is 12.8. The van der Waals surface area contributed by atoms with Crippen molar-refractivity contribution >= 4 is 15.9 Å². The van der Waals surface area contributed by atoms with Crippen LogP contribution in [0.5, 0.6) is 0 Å². The predicted molar refractivity (Wildman–Crippen MR) is 114 cm³/mol. The van der Waals surface area contributed by atoms with Gasteiger partial charge in [-0.15, -0.1) is 0 Å². The van der Waals surface area contributed by atoms with Gasteiger partial charge in [0.25, 0.3) is 0 Å². The van der Waals surface area contributed by atoms with Gasteiger partial charge < -0.3 is 5.32 Å². The first-order valence-electron chi connectivity index (χ1n) is 9.36. The van der Waals surface area contributed by atoms with Crippen LogP contribution >= 0.6 is 0 Å². The number of hydrogen-bond donors (Lipinski definition) is 2.